The fourth-order valence-corrected chi connectivity index (χ4v) is 2.63. The Labute approximate surface area is 161 Å². The van der Waals surface area contributed by atoms with Crippen LogP contribution in [-0.4, -0.2) is 41.8 Å². The second kappa shape index (κ2) is 8.94. The van der Waals surface area contributed by atoms with Gasteiger partial charge in [0.2, 0.25) is 0 Å². The van der Waals surface area contributed by atoms with Gasteiger partial charge in [0, 0.05) is 17.5 Å². The van der Waals surface area contributed by atoms with Gasteiger partial charge >= 0.3 is 11.9 Å². The summed E-state index contributed by atoms with van der Waals surface area (Å²) in [5, 5.41) is 8.81. The summed E-state index contributed by atoms with van der Waals surface area (Å²) in [4.78, 5) is 45.2. The lowest BCUT2D eigenvalue weighted by Crippen LogP contribution is -2.31. The zero-order chi connectivity index (χ0) is 20.7. The summed E-state index contributed by atoms with van der Waals surface area (Å²) in [6.45, 7) is 2.83. The van der Waals surface area contributed by atoms with E-state index in [9.17, 15) is 19.2 Å². The molecule has 0 aliphatic carbocycles. The summed E-state index contributed by atoms with van der Waals surface area (Å²) in [6.07, 6.45) is 1.48. The number of carbonyl (C=O) groups is 4. The third-order valence-electron chi connectivity index (χ3n) is 3.82. The number of rotatable bonds is 9. The van der Waals surface area contributed by atoms with Crippen molar-refractivity contribution in [2.75, 3.05) is 6.61 Å². The summed E-state index contributed by atoms with van der Waals surface area (Å²) in [5.74, 6) is -1.44. The van der Waals surface area contributed by atoms with E-state index < -0.39 is 24.1 Å². The van der Waals surface area contributed by atoms with Crippen LogP contribution in [0.25, 0.3) is 0 Å². The van der Waals surface area contributed by atoms with Crippen molar-refractivity contribution in [3.63, 3.8) is 0 Å². The molecule has 0 spiro atoms. The molecule has 146 valence electrons. The van der Waals surface area contributed by atoms with Crippen LogP contribution in [0.2, 0.25) is 0 Å². The average molecular weight is 384 g/mol. The molecule has 0 aliphatic rings. The molecule has 0 atom stereocenters. The first-order chi connectivity index (χ1) is 13.2. The van der Waals surface area contributed by atoms with Gasteiger partial charge in [-0.25, -0.2) is 9.59 Å². The summed E-state index contributed by atoms with van der Waals surface area (Å²) >= 11 is 0. The molecule has 7 heteroatoms. The lowest BCUT2D eigenvalue weighted by Gasteiger charge is -2.26. The lowest BCUT2D eigenvalue weighted by molar-refractivity contribution is -0.139. The Kier molecular flexibility index (Phi) is 6.65. The van der Waals surface area contributed by atoms with Gasteiger partial charge in [-0.2, -0.15) is 0 Å². The van der Waals surface area contributed by atoms with Gasteiger partial charge in [-0.3, -0.25) is 9.59 Å². The largest absolute Gasteiger partial charge is 0.482 e. The smallest absolute Gasteiger partial charge is 0.341 e. The highest BCUT2D eigenvalue weighted by atomic mass is 16.6. The van der Waals surface area contributed by atoms with E-state index in [1.807, 2.05) is 0 Å². The first kappa shape index (κ1) is 20.8. The SMILES string of the molecule is CC(C)(Cc1cc(C=O)ccc1OCC(=O)O)OC(=O)c1cccc(C=O)c1. The summed E-state index contributed by atoms with van der Waals surface area (Å²) in [7, 11) is 0. The van der Waals surface area contributed by atoms with Crippen LogP contribution in [0.1, 0.15) is 50.5 Å². The van der Waals surface area contributed by atoms with Crippen molar-refractivity contribution < 1.29 is 33.8 Å². The van der Waals surface area contributed by atoms with Crippen molar-refractivity contribution >= 4 is 24.5 Å². The molecule has 0 amide bonds. The number of carbonyl (C=O) groups excluding carboxylic acids is 3. The molecule has 0 fully saturated rings. The molecule has 0 heterocycles. The van der Waals surface area contributed by atoms with Crippen LogP contribution in [0.5, 0.6) is 5.75 Å². The minimum Gasteiger partial charge on any atom is -0.482 e. The van der Waals surface area contributed by atoms with Gasteiger partial charge in [0.25, 0.3) is 0 Å². The molecule has 1 N–H and O–H groups in total. The molecule has 0 saturated carbocycles. The Balaban J connectivity index is 2.21. The Morgan fingerprint density at radius 2 is 1.71 bits per heavy atom. The maximum atomic E-state index is 12.4. The number of benzene rings is 2. The molecule has 0 unspecified atom stereocenters. The van der Waals surface area contributed by atoms with E-state index in [0.29, 0.717) is 35.0 Å². The summed E-state index contributed by atoms with van der Waals surface area (Å²) in [6, 6.07) is 10.7. The van der Waals surface area contributed by atoms with E-state index in [-0.39, 0.29) is 12.0 Å². The first-order valence-corrected chi connectivity index (χ1v) is 8.45. The maximum Gasteiger partial charge on any atom is 0.341 e. The Morgan fingerprint density at radius 3 is 2.36 bits per heavy atom. The van der Waals surface area contributed by atoms with Gasteiger partial charge in [0.1, 0.15) is 23.9 Å². The molecular weight excluding hydrogens is 364 g/mol. The number of carboxylic acids is 1. The third-order valence-corrected chi connectivity index (χ3v) is 3.82. The van der Waals surface area contributed by atoms with Gasteiger partial charge in [-0.05, 0) is 49.7 Å². The summed E-state index contributed by atoms with van der Waals surface area (Å²) in [5.41, 5.74) is 0.526. The Hall–Kier alpha value is -3.48. The molecule has 0 bridgehead atoms. The molecular formula is C21H20O7. The highest BCUT2D eigenvalue weighted by Gasteiger charge is 2.26. The second-order valence-corrected chi connectivity index (χ2v) is 6.74. The highest BCUT2D eigenvalue weighted by Crippen LogP contribution is 2.27. The molecule has 0 aliphatic heterocycles. The first-order valence-electron chi connectivity index (χ1n) is 8.45. The lowest BCUT2D eigenvalue weighted by atomic mass is 9.96. The van der Waals surface area contributed by atoms with Crippen LogP contribution in [-0.2, 0) is 16.0 Å². The molecule has 28 heavy (non-hydrogen) atoms. The Morgan fingerprint density at radius 1 is 1.04 bits per heavy atom. The van der Waals surface area contributed by atoms with Crippen LogP contribution >= 0.6 is 0 Å². The molecule has 0 radical (unpaired) electrons. The zero-order valence-electron chi connectivity index (χ0n) is 15.5. The number of ether oxygens (including phenoxy) is 2. The summed E-state index contributed by atoms with van der Waals surface area (Å²) < 4.78 is 10.8. The van der Waals surface area contributed by atoms with Crippen LogP contribution in [0.15, 0.2) is 42.5 Å². The van der Waals surface area contributed by atoms with Crippen molar-refractivity contribution in [1.29, 1.82) is 0 Å². The molecule has 2 rings (SSSR count). The van der Waals surface area contributed by atoms with Crippen LogP contribution in [0, 0.1) is 0 Å². The Bertz CT molecular complexity index is 899. The second-order valence-electron chi connectivity index (χ2n) is 6.74. The molecule has 7 nitrogen and oxygen atoms in total. The minimum atomic E-state index is -1.13. The van der Waals surface area contributed by atoms with Gasteiger partial charge in [0.15, 0.2) is 6.61 Å². The molecule has 0 saturated heterocycles. The number of hydrogen-bond acceptors (Lipinski definition) is 6. The van der Waals surface area contributed by atoms with Crippen LogP contribution < -0.4 is 4.74 Å². The van der Waals surface area contributed by atoms with E-state index in [0.717, 1.165) is 0 Å². The molecule has 0 aromatic heterocycles. The normalized spacial score (nSPS) is 10.8. The number of aldehydes is 2. The van der Waals surface area contributed by atoms with Crippen molar-refractivity contribution in [3.8, 4) is 5.75 Å². The quantitative estimate of drug-likeness (QED) is 0.523. The van der Waals surface area contributed by atoms with Gasteiger partial charge in [-0.15, -0.1) is 0 Å². The van der Waals surface area contributed by atoms with E-state index in [1.165, 1.54) is 18.2 Å². The van der Waals surface area contributed by atoms with Crippen molar-refractivity contribution in [2.24, 2.45) is 0 Å². The average Bonchev–Trinajstić information content (AvgIpc) is 2.66. The van der Waals surface area contributed by atoms with E-state index >= 15 is 0 Å². The number of carboxylic acid groups (broad SMARTS) is 1. The predicted molar refractivity (Wildman–Crippen MR) is 100.0 cm³/mol. The van der Waals surface area contributed by atoms with Crippen LogP contribution in [0.3, 0.4) is 0 Å². The van der Waals surface area contributed by atoms with Gasteiger partial charge < -0.3 is 14.6 Å². The highest BCUT2D eigenvalue weighted by molar-refractivity contribution is 5.91. The third kappa shape index (κ3) is 5.77. The monoisotopic (exact) mass is 384 g/mol. The molecule has 2 aromatic carbocycles. The van der Waals surface area contributed by atoms with E-state index in [1.54, 1.807) is 38.1 Å². The van der Waals surface area contributed by atoms with Crippen LogP contribution in [0.4, 0.5) is 0 Å². The number of hydrogen-bond donors (Lipinski definition) is 1. The standard InChI is InChI=1S/C21H20O7/c1-21(2,28-20(26)16-5-3-4-14(8-16)11-22)10-17-9-15(12-23)6-7-18(17)27-13-19(24)25/h3-9,11-12H,10,13H2,1-2H3,(H,24,25). The number of esters is 1. The fraction of sp³-hybridized carbons (Fsp3) is 0.238. The van der Waals surface area contributed by atoms with E-state index in [4.69, 9.17) is 14.6 Å². The maximum absolute atomic E-state index is 12.4. The van der Waals surface area contributed by atoms with Crippen molar-refractivity contribution in [1.82, 2.24) is 0 Å². The van der Waals surface area contributed by atoms with Crippen molar-refractivity contribution in [2.45, 2.75) is 25.9 Å². The predicted octanol–water partition coefficient (Wildman–Crippen LogP) is 2.95. The number of aliphatic carboxylic acids is 1. The minimum absolute atomic E-state index is 0.183. The van der Waals surface area contributed by atoms with E-state index in [2.05, 4.69) is 0 Å². The molecule has 2 aromatic rings. The fourth-order valence-electron chi connectivity index (χ4n) is 2.63. The van der Waals surface area contributed by atoms with Crippen molar-refractivity contribution in [3.05, 3.63) is 64.7 Å². The zero-order valence-corrected chi connectivity index (χ0v) is 15.5. The van der Waals surface area contributed by atoms with Gasteiger partial charge in [0.05, 0.1) is 5.56 Å². The van der Waals surface area contributed by atoms with Gasteiger partial charge in [-0.1, -0.05) is 12.1 Å². The topological polar surface area (TPSA) is 107 Å².